The number of amides is 2. The number of fused-ring (bicyclic) bond motifs is 1. The smallest absolute Gasteiger partial charge is 0.318 e. The minimum Gasteiger partial charge on any atom is -0.318 e. The van der Waals surface area contributed by atoms with Crippen LogP contribution in [0.5, 0.6) is 0 Å². The number of nitrogens with two attached hydrogens (primary N) is 1. The molecule has 0 aromatic heterocycles. The molecule has 94 valence electrons. The Balaban J connectivity index is 2.09. The quantitative estimate of drug-likeness (QED) is 0.740. The third-order valence-electron chi connectivity index (χ3n) is 4.07. The van der Waals surface area contributed by atoms with Gasteiger partial charge in [-0.05, 0) is 6.07 Å². The lowest BCUT2D eigenvalue weighted by molar-refractivity contribution is 0.198. The zero-order chi connectivity index (χ0) is 12.6. The summed E-state index contributed by atoms with van der Waals surface area (Å²) in [7, 11) is 0. The average Bonchev–Trinajstić information content (AvgIpc) is 2.80. The normalized spacial score (nSPS) is 27.1. The van der Waals surface area contributed by atoms with Crippen LogP contribution in [0.3, 0.4) is 0 Å². The molecule has 2 amide bonds. The van der Waals surface area contributed by atoms with Crippen LogP contribution in [-0.2, 0) is 0 Å². The summed E-state index contributed by atoms with van der Waals surface area (Å²) in [6.07, 6.45) is 5.92. The fourth-order valence-electron chi connectivity index (χ4n) is 3.15. The Kier molecular flexibility index (Phi) is 2.69. The van der Waals surface area contributed by atoms with Crippen molar-refractivity contribution in [2.45, 2.75) is 18.9 Å². The molecule has 0 bridgehead atoms. The van der Waals surface area contributed by atoms with Gasteiger partial charge in [-0.1, -0.05) is 12.1 Å². The number of rotatable bonds is 1. The molecule has 2 heterocycles. The molecule has 3 N–H and O–H groups in total. The van der Waals surface area contributed by atoms with Gasteiger partial charge in [0, 0.05) is 43.6 Å². The highest BCUT2D eigenvalue weighted by Crippen LogP contribution is 2.39. The van der Waals surface area contributed by atoms with Crippen molar-refractivity contribution in [3.63, 3.8) is 0 Å². The molecule has 1 aromatic rings. The molecule has 1 aromatic carbocycles. The van der Waals surface area contributed by atoms with Gasteiger partial charge in [0.1, 0.15) is 12.2 Å². The van der Waals surface area contributed by atoms with Crippen molar-refractivity contribution in [3.05, 3.63) is 36.0 Å². The molecular weight excluding hydrogens is 226 g/mol. The van der Waals surface area contributed by atoms with Gasteiger partial charge in [-0.15, -0.1) is 0 Å². The van der Waals surface area contributed by atoms with Crippen molar-refractivity contribution in [3.8, 4) is 0 Å². The first kappa shape index (κ1) is 11.4. The van der Waals surface area contributed by atoms with Gasteiger partial charge in [0.05, 0.1) is 0 Å². The Morgan fingerprint density at radius 1 is 1.28 bits per heavy atom. The van der Waals surface area contributed by atoms with Crippen molar-refractivity contribution in [1.29, 1.82) is 0 Å². The SMILES string of the molecule is NC(=O)[N+]1(C2CCNCC2)C=Cc2ccccc21. The van der Waals surface area contributed by atoms with Crippen molar-refractivity contribution >= 4 is 17.8 Å². The first-order chi connectivity index (χ1) is 8.75. The van der Waals surface area contributed by atoms with E-state index in [4.69, 9.17) is 5.73 Å². The summed E-state index contributed by atoms with van der Waals surface area (Å²) in [6.45, 7) is 1.90. The van der Waals surface area contributed by atoms with Crippen LogP contribution in [0.1, 0.15) is 18.4 Å². The standard InChI is InChI=1S/C14H17N3O/c15-14(18)17(12-5-8-16-9-6-12)10-7-11-3-1-2-4-13(11)17/h1-4,7,10,12,16H,5-6,8-9H2,(H-,15,18)/p+1. The first-order valence-electron chi connectivity index (χ1n) is 6.43. The van der Waals surface area contributed by atoms with Crippen LogP contribution < -0.4 is 15.5 Å². The summed E-state index contributed by atoms with van der Waals surface area (Å²) < 4.78 is 0.192. The van der Waals surface area contributed by atoms with Crippen molar-refractivity contribution in [1.82, 2.24) is 9.80 Å². The van der Waals surface area contributed by atoms with Crippen LogP contribution in [0.15, 0.2) is 30.5 Å². The van der Waals surface area contributed by atoms with Crippen molar-refractivity contribution in [2.24, 2.45) is 5.73 Å². The third kappa shape index (κ3) is 1.50. The highest BCUT2D eigenvalue weighted by Gasteiger charge is 2.47. The molecule has 4 nitrogen and oxygen atoms in total. The fourth-order valence-corrected chi connectivity index (χ4v) is 3.15. The second-order valence-electron chi connectivity index (χ2n) is 4.97. The van der Waals surface area contributed by atoms with E-state index in [9.17, 15) is 4.79 Å². The van der Waals surface area contributed by atoms with E-state index in [1.165, 1.54) is 0 Å². The van der Waals surface area contributed by atoms with Crippen LogP contribution >= 0.6 is 0 Å². The predicted octanol–water partition coefficient (Wildman–Crippen LogP) is 1.81. The predicted molar refractivity (Wildman–Crippen MR) is 72.7 cm³/mol. The fraction of sp³-hybridized carbons (Fsp3) is 0.357. The second-order valence-corrected chi connectivity index (χ2v) is 4.97. The molecule has 0 saturated carbocycles. The molecule has 0 radical (unpaired) electrons. The summed E-state index contributed by atoms with van der Waals surface area (Å²) in [6, 6.07) is 8.00. The van der Waals surface area contributed by atoms with Crippen LogP contribution in [0.25, 0.3) is 6.08 Å². The largest absolute Gasteiger partial charge is 0.423 e. The molecule has 1 unspecified atom stereocenters. The van der Waals surface area contributed by atoms with E-state index >= 15 is 0 Å². The maximum Gasteiger partial charge on any atom is 0.423 e. The number of urea groups is 1. The topological polar surface area (TPSA) is 55.1 Å². The zero-order valence-corrected chi connectivity index (χ0v) is 10.3. The molecule has 1 fully saturated rings. The molecule has 1 saturated heterocycles. The van der Waals surface area contributed by atoms with Gasteiger partial charge >= 0.3 is 6.03 Å². The van der Waals surface area contributed by atoms with Gasteiger partial charge < -0.3 is 11.1 Å². The van der Waals surface area contributed by atoms with E-state index in [0.29, 0.717) is 0 Å². The van der Waals surface area contributed by atoms with Gasteiger partial charge in [0.2, 0.25) is 0 Å². The van der Waals surface area contributed by atoms with Crippen LogP contribution in [-0.4, -0.2) is 25.2 Å². The number of nitrogens with zero attached hydrogens (tertiary/aromatic N) is 1. The number of para-hydroxylation sites is 1. The zero-order valence-electron chi connectivity index (χ0n) is 10.3. The van der Waals surface area contributed by atoms with E-state index in [-0.39, 0.29) is 16.6 Å². The number of hydrogen-bond donors (Lipinski definition) is 2. The molecular formula is C14H18N3O+. The number of piperidine rings is 1. The number of nitrogens with one attached hydrogen (secondary N) is 1. The van der Waals surface area contributed by atoms with Crippen LogP contribution in [0.2, 0.25) is 0 Å². The molecule has 2 aliphatic heterocycles. The highest BCUT2D eigenvalue weighted by atomic mass is 16.2. The first-order valence-corrected chi connectivity index (χ1v) is 6.43. The van der Waals surface area contributed by atoms with Gasteiger partial charge in [0.25, 0.3) is 0 Å². The van der Waals surface area contributed by atoms with Gasteiger partial charge in [-0.3, -0.25) is 0 Å². The third-order valence-corrected chi connectivity index (χ3v) is 4.07. The maximum atomic E-state index is 12.1. The van der Waals surface area contributed by atoms with E-state index in [1.807, 2.05) is 36.5 Å². The van der Waals surface area contributed by atoms with E-state index in [1.54, 1.807) is 0 Å². The van der Waals surface area contributed by atoms with Gasteiger partial charge in [-0.25, -0.2) is 4.79 Å². The molecule has 0 spiro atoms. The number of quaternary nitrogens is 1. The Hall–Kier alpha value is -1.65. The highest BCUT2D eigenvalue weighted by molar-refractivity contribution is 5.94. The molecule has 18 heavy (non-hydrogen) atoms. The Morgan fingerprint density at radius 2 is 2.00 bits per heavy atom. The van der Waals surface area contributed by atoms with Gasteiger partial charge in [0.15, 0.2) is 5.69 Å². The monoisotopic (exact) mass is 244 g/mol. The lowest BCUT2D eigenvalue weighted by Gasteiger charge is -2.37. The average molecular weight is 244 g/mol. The summed E-state index contributed by atoms with van der Waals surface area (Å²) in [4.78, 5) is 12.1. The van der Waals surface area contributed by atoms with E-state index in [0.717, 1.165) is 37.2 Å². The van der Waals surface area contributed by atoms with Crippen molar-refractivity contribution < 1.29 is 4.79 Å². The Morgan fingerprint density at radius 3 is 2.72 bits per heavy atom. The van der Waals surface area contributed by atoms with Crippen molar-refractivity contribution in [2.75, 3.05) is 13.1 Å². The number of hydrogen-bond acceptors (Lipinski definition) is 2. The number of benzene rings is 1. The number of primary amides is 1. The summed E-state index contributed by atoms with van der Waals surface area (Å²) in [5, 5.41) is 3.33. The molecule has 2 aliphatic rings. The lowest BCUT2D eigenvalue weighted by Crippen LogP contribution is -2.61. The van der Waals surface area contributed by atoms with E-state index in [2.05, 4.69) is 5.32 Å². The summed E-state index contributed by atoms with van der Waals surface area (Å²) in [5.41, 5.74) is 7.87. The van der Waals surface area contributed by atoms with E-state index < -0.39 is 0 Å². The molecule has 4 heteroatoms. The number of carbonyl (C=O) groups is 1. The van der Waals surface area contributed by atoms with Crippen LogP contribution in [0.4, 0.5) is 10.5 Å². The minimum atomic E-state index is -0.275. The van der Waals surface area contributed by atoms with Crippen LogP contribution in [0, 0.1) is 0 Å². The lowest BCUT2D eigenvalue weighted by atomic mass is 10.0. The molecule has 1 atom stereocenters. The molecule has 3 rings (SSSR count). The summed E-state index contributed by atoms with van der Waals surface area (Å²) >= 11 is 0. The Labute approximate surface area is 107 Å². The second kappa shape index (κ2) is 4.23. The Bertz CT molecular complexity index is 506. The maximum absolute atomic E-state index is 12.1. The summed E-state index contributed by atoms with van der Waals surface area (Å²) in [5.74, 6) is 0. The molecule has 0 aliphatic carbocycles. The number of carbonyl (C=O) groups excluding carboxylic acids is 1. The van der Waals surface area contributed by atoms with Gasteiger partial charge in [-0.2, -0.15) is 4.48 Å². The minimum absolute atomic E-state index is 0.192.